The summed E-state index contributed by atoms with van der Waals surface area (Å²) in [6.45, 7) is 4.08. The summed E-state index contributed by atoms with van der Waals surface area (Å²) in [7, 11) is 4.22. The van der Waals surface area contributed by atoms with Gasteiger partial charge in [0.2, 0.25) is 0 Å². The molecular weight excluding hydrogens is 338 g/mol. The first kappa shape index (κ1) is 18.5. The van der Waals surface area contributed by atoms with Crippen LogP contribution in [-0.2, 0) is 13.0 Å². The molecule has 7 nitrogen and oxygen atoms in total. The Balaban J connectivity index is 1.60. The van der Waals surface area contributed by atoms with Crippen LogP contribution >= 0.6 is 0 Å². The Morgan fingerprint density at radius 2 is 2.04 bits per heavy atom. The van der Waals surface area contributed by atoms with E-state index in [2.05, 4.69) is 39.4 Å². The molecule has 0 unspecified atom stereocenters. The van der Waals surface area contributed by atoms with Gasteiger partial charge in [0.15, 0.2) is 5.65 Å². The first-order chi connectivity index (χ1) is 13.1. The van der Waals surface area contributed by atoms with Crippen LogP contribution in [0.5, 0.6) is 0 Å². The molecule has 0 radical (unpaired) electrons. The molecule has 2 aromatic heterocycles. The van der Waals surface area contributed by atoms with Crippen molar-refractivity contribution in [3.63, 3.8) is 0 Å². The minimum atomic E-state index is 0.652. The lowest BCUT2D eigenvalue weighted by Gasteiger charge is -2.38. The Morgan fingerprint density at radius 1 is 1.22 bits per heavy atom. The molecule has 2 aliphatic rings. The van der Waals surface area contributed by atoms with Crippen LogP contribution in [0.3, 0.4) is 0 Å². The first-order valence-electron chi connectivity index (χ1n) is 10.4. The maximum atomic E-state index is 6.19. The number of hydrogen-bond donors (Lipinski definition) is 3. The van der Waals surface area contributed by atoms with Crippen LogP contribution in [-0.4, -0.2) is 64.8 Å². The molecular formula is C20H33N7. The molecule has 1 saturated carbocycles. The smallest absolute Gasteiger partial charge is 0.185 e. The first-order valence-corrected chi connectivity index (χ1v) is 10.4. The lowest BCUT2D eigenvalue weighted by atomic mass is 9.90. The monoisotopic (exact) mass is 371 g/mol. The van der Waals surface area contributed by atoms with Gasteiger partial charge < -0.3 is 16.0 Å². The molecule has 4 N–H and O–H groups in total. The highest BCUT2D eigenvalue weighted by molar-refractivity contribution is 5.92. The normalized spacial score (nSPS) is 18.9. The molecule has 4 rings (SSSR count). The summed E-state index contributed by atoms with van der Waals surface area (Å²) in [5, 5.41) is 11.9. The van der Waals surface area contributed by atoms with E-state index < -0.39 is 0 Å². The van der Waals surface area contributed by atoms with Crippen LogP contribution in [0.15, 0.2) is 0 Å². The average molecular weight is 372 g/mol. The Hall–Kier alpha value is -1.86. The van der Waals surface area contributed by atoms with Gasteiger partial charge in [0.25, 0.3) is 0 Å². The van der Waals surface area contributed by atoms with E-state index in [0.29, 0.717) is 5.82 Å². The maximum Gasteiger partial charge on any atom is 0.185 e. The van der Waals surface area contributed by atoms with Crippen LogP contribution in [0.1, 0.15) is 49.7 Å². The summed E-state index contributed by atoms with van der Waals surface area (Å²) < 4.78 is 0. The number of hydrogen-bond acceptors (Lipinski definition) is 6. The zero-order valence-corrected chi connectivity index (χ0v) is 16.7. The van der Waals surface area contributed by atoms with Crippen molar-refractivity contribution in [2.75, 3.05) is 44.8 Å². The predicted molar refractivity (Wildman–Crippen MR) is 111 cm³/mol. The summed E-state index contributed by atoms with van der Waals surface area (Å²) in [4.78, 5) is 9.72. The molecule has 1 aliphatic heterocycles. The van der Waals surface area contributed by atoms with Crippen LogP contribution in [0.25, 0.3) is 11.0 Å². The number of nitrogens with one attached hydrogen (secondary N) is 2. The van der Waals surface area contributed by atoms with Gasteiger partial charge in [-0.2, -0.15) is 5.10 Å². The lowest BCUT2D eigenvalue weighted by molar-refractivity contribution is 0.142. The van der Waals surface area contributed by atoms with Crippen molar-refractivity contribution in [2.24, 2.45) is 0 Å². The van der Waals surface area contributed by atoms with Crippen LogP contribution < -0.4 is 11.1 Å². The van der Waals surface area contributed by atoms with Gasteiger partial charge in [0.05, 0.1) is 5.39 Å². The molecule has 7 heteroatoms. The van der Waals surface area contributed by atoms with Gasteiger partial charge in [-0.15, -0.1) is 0 Å². The zero-order valence-electron chi connectivity index (χ0n) is 16.7. The van der Waals surface area contributed by atoms with Crippen LogP contribution in [0.4, 0.5) is 11.6 Å². The number of fused-ring (bicyclic) bond motifs is 3. The van der Waals surface area contributed by atoms with Crippen molar-refractivity contribution in [2.45, 2.75) is 57.5 Å². The van der Waals surface area contributed by atoms with Crippen molar-refractivity contribution in [3.05, 3.63) is 11.1 Å². The topological polar surface area (TPSA) is 86.1 Å². The molecule has 0 amide bonds. The maximum absolute atomic E-state index is 6.19. The molecule has 3 heterocycles. The fourth-order valence-corrected chi connectivity index (χ4v) is 4.68. The van der Waals surface area contributed by atoms with E-state index in [1.54, 1.807) is 0 Å². The summed E-state index contributed by atoms with van der Waals surface area (Å²) in [6.07, 6.45) is 8.94. The number of aromatic amines is 1. The van der Waals surface area contributed by atoms with Crippen molar-refractivity contribution in [1.82, 2.24) is 25.0 Å². The number of H-pyrrole nitrogens is 1. The minimum Gasteiger partial charge on any atom is -0.384 e. The molecule has 1 aliphatic carbocycles. The van der Waals surface area contributed by atoms with Crippen molar-refractivity contribution >= 4 is 22.7 Å². The standard InChI is InChI=1S/C20H33N7/c1-26(2)11-6-10-22-19-16-13-27(14-7-4-3-5-8-14)12-9-15(16)17-18(21)24-25-20(17)23-19/h14H,3-13H2,1-2H3,(H4,21,22,23,24,25). The second-order valence-electron chi connectivity index (χ2n) is 8.35. The highest BCUT2D eigenvalue weighted by Gasteiger charge is 2.29. The number of nitrogens with zero attached hydrogens (tertiary/aromatic N) is 4. The molecule has 0 spiro atoms. The SMILES string of the molecule is CN(C)CCCNc1nc2n[nH]c(N)c2c2c1CN(C1CCCCC1)CC2. The van der Waals surface area contributed by atoms with Gasteiger partial charge in [-0.05, 0) is 51.9 Å². The number of aromatic nitrogens is 3. The van der Waals surface area contributed by atoms with Crippen molar-refractivity contribution in [1.29, 1.82) is 0 Å². The third-order valence-corrected chi connectivity index (χ3v) is 6.12. The van der Waals surface area contributed by atoms with E-state index in [4.69, 9.17) is 10.7 Å². The highest BCUT2D eigenvalue weighted by atomic mass is 15.2. The van der Waals surface area contributed by atoms with Gasteiger partial charge >= 0.3 is 0 Å². The second kappa shape index (κ2) is 8.02. The fraction of sp³-hybridized carbons (Fsp3) is 0.700. The fourth-order valence-electron chi connectivity index (χ4n) is 4.68. The lowest BCUT2D eigenvalue weighted by Crippen LogP contribution is -2.40. The zero-order chi connectivity index (χ0) is 18.8. The number of anilines is 2. The quantitative estimate of drug-likeness (QED) is 0.677. The Kier molecular flexibility index (Phi) is 5.50. The van der Waals surface area contributed by atoms with E-state index >= 15 is 0 Å². The molecule has 2 aromatic rings. The molecule has 0 saturated heterocycles. The molecule has 148 valence electrons. The highest BCUT2D eigenvalue weighted by Crippen LogP contribution is 2.35. The summed E-state index contributed by atoms with van der Waals surface area (Å²) in [6, 6.07) is 0.728. The Labute approximate surface area is 161 Å². The molecule has 0 bridgehead atoms. The molecule has 1 fully saturated rings. The Bertz CT molecular complexity index is 776. The minimum absolute atomic E-state index is 0.652. The predicted octanol–water partition coefficient (Wildman–Crippen LogP) is 2.59. The Morgan fingerprint density at radius 3 is 2.81 bits per heavy atom. The van der Waals surface area contributed by atoms with Gasteiger partial charge in [-0.25, -0.2) is 4.98 Å². The third kappa shape index (κ3) is 3.89. The largest absolute Gasteiger partial charge is 0.384 e. The molecule has 0 aromatic carbocycles. The van der Waals surface area contributed by atoms with E-state index in [0.717, 1.165) is 61.9 Å². The van der Waals surface area contributed by atoms with E-state index in [1.165, 1.54) is 43.2 Å². The van der Waals surface area contributed by atoms with Gasteiger partial charge in [0, 0.05) is 31.2 Å². The van der Waals surface area contributed by atoms with Crippen molar-refractivity contribution in [3.8, 4) is 0 Å². The summed E-state index contributed by atoms with van der Waals surface area (Å²) in [5.41, 5.74) is 9.60. The third-order valence-electron chi connectivity index (χ3n) is 6.12. The molecule has 0 atom stereocenters. The number of pyridine rings is 1. The van der Waals surface area contributed by atoms with E-state index in [9.17, 15) is 0 Å². The van der Waals surface area contributed by atoms with Gasteiger partial charge in [-0.3, -0.25) is 10.00 Å². The summed E-state index contributed by atoms with van der Waals surface area (Å²) in [5.74, 6) is 1.65. The van der Waals surface area contributed by atoms with Gasteiger partial charge in [-0.1, -0.05) is 19.3 Å². The van der Waals surface area contributed by atoms with Gasteiger partial charge in [0.1, 0.15) is 11.6 Å². The number of nitrogen functional groups attached to an aromatic ring is 1. The van der Waals surface area contributed by atoms with E-state index in [-0.39, 0.29) is 0 Å². The van der Waals surface area contributed by atoms with Crippen LogP contribution in [0, 0.1) is 0 Å². The number of rotatable bonds is 6. The molecule has 27 heavy (non-hydrogen) atoms. The van der Waals surface area contributed by atoms with Crippen molar-refractivity contribution < 1.29 is 0 Å². The number of nitrogens with two attached hydrogens (primary N) is 1. The average Bonchev–Trinajstić information content (AvgIpc) is 3.06. The van der Waals surface area contributed by atoms with Crippen LogP contribution in [0.2, 0.25) is 0 Å². The van der Waals surface area contributed by atoms with E-state index in [1.807, 2.05) is 0 Å². The summed E-state index contributed by atoms with van der Waals surface area (Å²) >= 11 is 0. The second-order valence-corrected chi connectivity index (χ2v) is 8.35.